The lowest BCUT2D eigenvalue weighted by Crippen LogP contribution is -2.14. The Morgan fingerprint density at radius 2 is 1.79 bits per heavy atom. The van der Waals surface area contributed by atoms with Crippen molar-refractivity contribution in [3.8, 4) is 11.5 Å². The molecule has 0 aliphatic carbocycles. The maximum atomic E-state index is 12.8. The molecule has 2 aromatic rings. The highest BCUT2D eigenvalue weighted by Crippen LogP contribution is 2.25. The molecule has 2 rings (SSSR count). The van der Waals surface area contributed by atoms with Gasteiger partial charge in [0.2, 0.25) is 0 Å². The van der Waals surface area contributed by atoms with Crippen LogP contribution in [-0.2, 0) is 6.54 Å². The number of para-hydroxylation sites is 1. The third kappa shape index (κ3) is 4.07. The van der Waals surface area contributed by atoms with Gasteiger partial charge in [-0.1, -0.05) is 25.1 Å². The molecule has 2 nitrogen and oxygen atoms in total. The van der Waals surface area contributed by atoms with Gasteiger partial charge in [0.05, 0.1) is 0 Å². The topological polar surface area (TPSA) is 21.3 Å². The molecule has 1 N–H and O–H groups in total. The molecular formula is C16H18FNO. The van der Waals surface area contributed by atoms with Gasteiger partial charge in [0.25, 0.3) is 0 Å². The number of halogens is 1. The summed E-state index contributed by atoms with van der Waals surface area (Å²) in [6.45, 7) is 3.88. The first-order valence-corrected chi connectivity index (χ1v) is 6.51. The number of rotatable bonds is 6. The van der Waals surface area contributed by atoms with E-state index in [1.165, 1.54) is 12.1 Å². The summed E-state index contributed by atoms with van der Waals surface area (Å²) >= 11 is 0. The maximum Gasteiger partial charge on any atom is 0.131 e. The predicted octanol–water partition coefficient (Wildman–Crippen LogP) is 4.12. The zero-order valence-electron chi connectivity index (χ0n) is 11.0. The van der Waals surface area contributed by atoms with Gasteiger partial charge >= 0.3 is 0 Å². The molecule has 100 valence electrons. The molecule has 0 aliphatic heterocycles. The zero-order valence-corrected chi connectivity index (χ0v) is 11.0. The lowest BCUT2D eigenvalue weighted by atomic mass is 10.2. The lowest BCUT2D eigenvalue weighted by Gasteiger charge is -2.11. The summed E-state index contributed by atoms with van der Waals surface area (Å²) in [5.41, 5.74) is 1.10. The van der Waals surface area contributed by atoms with Crippen LogP contribution in [0.4, 0.5) is 4.39 Å². The third-order valence-electron chi connectivity index (χ3n) is 2.76. The Kier molecular flexibility index (Phi) is 4.93. The first kappa shape index (κ1) is 13.6. The van der Waals surface area contributed by atoms with Crippen LogP contribution < -0.4 is 10.1 Å². The van der Waals surface area contributed by atoms with Crippen LogP contribution in [0.3, 0.4) is 0 Å². The van der Waals surface area contributed by atoms with Gasteiger partial charge in [0.15, 0.2) is 0 Å². The van der Waals surface area contributed by atoms with Gasteiger partial charge < -0.3 is 10.1 Å². The number of hydrogen-bond donors (Lipinski definition) is 1. The lowest BCUT2D eigenvalue weighted by molar-refractivity contribution is 0.471. The van der Waals surface area contributed by atoms with Gasteiger partial charge in [-0.15, -0.1) is 0 Å². The molecule has 0 bridgehead atoms. The number of benzene rings is 2. The number of ether oxygens (including phenoxy) is 1. The van der Waals surface area contributed by atoms with Crippen molar-refractivity contribution in [1.29, 1.82) is 0 Å². The highest BCUT2D eigenvalue weighted by Gasteiger charge is 2.04. The van der Waals surface area contributed by atoms with E-state index in [0.29, 0.717) is 5.75 Å². The Morgan fingerprint density at radius 1 is 1.05 bits per heavy atom. The van der Waals surface area contributed by atoms with Crippen molar-refractivity contribution < 1.29 is 9.13 Å². The monoisotopic (exact) mass is 259 g/mol. The van der Waals surface area contributed by atoms with Crippen LogP contribution in [-0.4, -0.2) is 6.54 Å². The predicted molar refractivity (Wildman–Crippen MR) is 74.9 cm³/mol. The average molecular weight is 259 g/mol. The standard InChI is InChI=1S/C16H18FNO/c1-2-11-18-12-13-5-3-4-6-16(13)19-15-9-7-14(17)8-10-15/h3-10,18H,2,11-12H2,1H3. The van der Waals surface area contributed by atoms with Crippen molar-refractivity contribution in [2.75, 3.05) is 6.54 Å². The van der Waals surface area contributed by atoms with Crippen LogP contribution in [0.1, 0.15) is 18.9 Å². The second kappa shape index (κ2) is 6.90. The second-order valence-corrected chi connectivity index (χ2v) is 4.34. The fraction of sp³-hybridized carbons (Fsp3) is 0.250. The van der Waals surface area contributed by atoms with E-state index in [9.17, 15) is 4.39 Å². The quantitative estimate of drug-likeness (QED) is 0.788. The van der Waals surface area contributed by atoms with E-state index >= 15 is 0 Å². The Morgan fingerprint density at radius 3 is 2.53 bits per heavy atom. The molecule has 0 radical (unpaired) electrons. The van der Waals surface area contributed by atoms with Crippen LogP contribution >= 0.6 is 0 Å². The van der Waals surface area contributed by atoms with E-state index < -0.39 is 0 Å². The van der Waals surface area contributed by atoms with Crippen LogP contribution in [0.5, 0.6) is 11.5 Å². The summed E-state index contributed by atoms with van der Waals surface area (Å²) in [4.78, 5) is 0. The molecule has 0 aromatic heterocycles. The van der Waals surface area contributed by atoms with Gasteiger partial charge in [0.1, 0.15) is 17.3 Å². The van der Waals surface area contributed by atoms with Gasteiger partial charge in [-0.05, 0) is 43.3 Å². The number of hydrogen-bond acceptors (Lipinski definition) is 2. The van der Waals surface area contributed by atoms with Crippen LogP contribution in [0.2, 0.25) is 0 Å². The molecule has 0 saturated heterocycles. The second-order valence-electron chi connectivity index (χ2n) is 4.34. The van der Waals surface area contributed by atoms with Gasteiger partial charge in [0, 0.05) is 12.1 Å². The van der Waals surface area contributed by atoms with E-state index in [2.05, 4.69) is 12.2 Å². The third-order valence-corrected chi connectivity index (χ3v) is 2.76. The highest BCUT2D eigenvalue weighted by atomic mass is 19.1. The Hall–Kier alpha value is -1.87. The summed E-state index contributed by atoms with van der Waals surface area (Å²) in [6, 6.07) is 13.9. The molecule has 0 spiro atoms. The number of nitrogens with one attached hydrogen (secondary N) is 1. The molecule has 0 fully saturated rings. The van der Waals surface area contributed by atoms with Crippen molar-refractivity contribution >= 4 is 0 Å². The van der Waals surface area contributed by atoms with E-state index in [4.69, 9.17) is 4.74 Å². The fourth-order valence-corrected chi connectivity index (χ4v) is 1.78. The Balaban J connectivity index is 2.08. The zero-order chi connectivity index (χ0) is 13.5. The van der Waals surface area contributed by atoms with Crippen molar-refractivity contribution in [2.24, 2.45) is 0 Å². The highest BCUT2D eigenvalue weighted by molar-refractivity contribution is 5.37. The molecule has 0 atom stereocenters. The van der Waals surface area contributed by atoms with Gasteiger partial charge in [-0.25, -0.2) is 4.39 Å². The van der Waals surface area contributed by atoms with E-state index in [1.54, 1.807) is 12.1 Å². The minimum Gasteiger partial charge on any atom is -0.457 e. The average Bonchev–Trinajstić information content (AvgIpc) is 2.43. The minimum absolute atomic E-state index is 0.259. The first-order valence-electron chi connectivity index (χ1n) is 6.51. The molecular weight excluding hydrogens is 241 g/mol. The fourth-order valence-electron chi connectivity index (χ4n) is 1.78. The summed E-state index contributed by atoms with van der Waals surface area (Å²) in [7, 11) is 0. The molecule has 0 saturated carbocycles. The Labute approximate surface area is 113 Å². The largest absolute Gasteiger partial charge is 0.457 e. The van der Waals surface area contributed by atoms with Crippen LogP contribution in [0.15, 0.2) is 48.5 Å². The minimum atomic E-state index is -0.259. The van der Waals surface area contributed by atoms with Crippen LogP contribution in [0, 0.1) is 5.82 Å². The molecule has 0 amide bonds. The van der Waals surface area contributed by atoms with E-state index in [-0.39, 0.29) is 5.82 Å². The summed E-state index contributed by atoms with van der Waals surface area (Å²) in [5.74, 6) is 1.19. The SMILES string of the molecule is CCCNCc1ccccc1Oc1ccc(F)cc1. The molecule has 2 aromatic carbocycles. The Bertz CT molecular complexity index is 510. The van der Waals surface area contributed by atoms with Crippen molar-refractivity contribution in [3.05, 3.63) is 59.9 Å². The first-order chi connectivity index (χ1) is 9.29. The molecule has 3 heteroatoms. The molecule has 0 aliphatic rings. The maximum absolute atomic E-state index is 12.8. The molecule has 19 heavy (non-hydrogen) atoms. The smallest absolute Gasteiger partial charge is 0.131 e. The van der Waals surface area contributed by atoms with Crippen LogP contribution in [0.25, 0.3) is 0 Å². The van der Waals surface area contributed by atoms with Crippen molar-refractivity contribution in [2.45, 2.75) is 19.9 Å². The normalized spacial score (nSPS) is 10.4. The summed E-state index contributed by atoms with van der Waals surface area (Å²) in [6.07, 6.45) is 1.10. The van der Waals surface area contributed by atoms with Gasteiger partial charge in [-0.2, -0.15) is 0 Å². The summed E-state index contributed by atoms with van der Waals surface area (Å²) < 4.78 is 18.6. The van der Waals surface area contributed by atoms with Gasteiger partial charge in [-0.3, -0.25) is 0 Å². The van der Waals surface area contributed by atoms with Crippen molar-refractivity contribution in [3.63, 3.8) is 0 Å². The van der Waals surface area contributed by atoms with E-state index in [1.807, 2.05) is 24.3 Å². The summed E-state index contributed by atoms with van der Waals surface area (Å²) in [5, 5.41) is 3.35. The van der Waals surface area contributed by atoms with Crippen molar-refractivity contribution in [1.82, 2.24) is 5.32 Å². The molecule has 0 heterocycles. The molecule has 0 unspecified atom stereocenters. The van der Waals surface area contributed by atoms with E-state index in [0.717, 1.165) is 30.8 Å².